The van der Waals surface area contributed by atoms with Crippen LogP contribution in [0.4, 0.5) is 0 Å². The summed E-state index contributed by atoms with van der Waals surface area (Å²) in [5, 5.41) is 3.04. The third kappa shape index (κ3) is 4.81. The highest BCUT2D eigenvalue weighted by molar-refractivity contribution is 5.93. The van der Waals surface area contributed by atoms with E-state index in [9.17, 15) is 9.59 Å². The van der Waals surface area contributed by atoms with Crippen molar-refractivity contribution in [1.82, 2.24) is 15.1 Å². The summed E-state index contributed by atoms with van der Waals surface area (Å²) in [5.41, 5.74) is 1.98. The van der Waals surface area contributed by atoms with E-state index in [1.807, 2.05) is 56.1 Å². The topological polar surface area (TPSA) is 65.8 Å². The fraction of sp³-hybridized carbons (Fsp3) is 0.455. The van der Waals surface area contributed by atoms with Gasteiger partial charge in [-0.3, -0.25) is 14.5 Å². The molecule has 6 nitrogen and oxygen atoms in total. The third-order valence-electron chi connectivity index (χ3n) is 5.61. The SMILES string of the molecule is Cc1ccoc1C(=O)NC1CCN(CC(=O)N(C)C(C)c2ccccc2)CC1. The number of rotatable bonds is 6. The van der Waals surface area contributed by atoms with Crippen LogP contribution in [0.5, 0.6) is 0 Å². The second-order valence-electron chi connectivity index (χ2n) is 7.55. The molecule has 2 amide bonds. The van der Waals surface area contributed by atoms with Crippen molar-refractivity contribution in [1.29, 1.82) is 0 Å². The van der Waals surface area contributed by atoms with Crippen molar-refractivity contribution in [3.8, 4) is 0 Å². The van der Waals surface area contributed by atoms with Crippen molar-refractivity contribution in [3.05, 3.63) is 59.5 Å². The van der Waals surface area contributed by atoms with Crippen LogP contribution in [-0.2, 0) is 4.79 Å². The van der Waals surface area contributed by atoms with Gasteiger partial charge >= 0.3 is 0 Å². The Morgan fingerprint density at radius 2 is 1.89 bits per heavy atom. The minimum absolute atomic E-state index is 0.0436. The molecule has 0 saturated carbocycles. The standard InChI is InChI=1S/C22H29N3O3/c1-16-11-14-28-21(16)22(27)23-19-9-12-25(13-10-19)15-20(26)24(3)17(2)18-7-5-4-6-8-18/h4-8,11,14,17,19H,9-10,12-13,15H2,1-3H3,(H,23,27). The van der Waals surface area contributed by atoms with Gasteiger partial charge in [0.1, 0.15) is 0 Å². The number of likely N-dealkylation sites (N-methyl/N-ethyl adjacent to an activating group) is 1. The molecule has 150 valence electrons. The highest BCUT2D eigenvalue weighted by Gasteiger charge is 2.25. The highest BCUT2D eigenvalue weighted by atomic mass is 16.3. The van der Waals surface area contributed by atoms with Crippen LogP contribution in [0.1, 0.15) is 47.5 Å². The molecule has 1 fully saturated rings. The molecule has 0 aliphatic carbocycles. The maximum absolute atomic E-state index is 12.7. The molecule has 3 rings (SSSR count). The Morgan fingerprint density at radius 1 is 1.21 bits per heavy atom. The van der Waals surface area contributed by atoms with Crippen LogP contribution in [-0.4, -0.2) is 54.3 Å². The molecule has 2 aromatic rings. The molecule has 0 spiro atoms. The minimum atomic E-state index is -0.159. The normalized spacial score (nSPS) is 16.5. The van der Waals surface area contributed by atoms with E-state index in [1.165, 1.54) is 6.26 Å². The molecule has 1 aliphatic rings. The molecule has 1 aromatic carbocycles. The molecule has 1 unspecified atom stereocenters. The predicted octanol–water partition coefficient (Wildman–Crippen LogP) is 3.00. The Kier molecular flexibility index (Phi) is 6.52. The molecule has 0 radical (unpaired) electrons. The summed E-state index contributed by atoms with van der Waals surface area (Å²) in [6.07, 6.45) is 3.19. The van der Waals surface area contributed by atoms with Crippen molar-refractivity contribution < 1.29 is 14.0 Å². The number of hydrogen-bond acceptors (Lipinski definition) is 4. The summed E-state index contributed by atoms with van der Waals surface area (Å²) in [4.78, 5) is 28.9. The Hall–Kier alpha value is -2.60. The number of nitrogens with zero attached hydrogens (tertiary/aromatic N) is 2. The number of aryl methyl sites for hydroxylation is 1. The van der Waals surface area contributed by atoms with Gasteiger partial charge in [0.05, 0.1) is 18.8 Å². The molecule has 2 heterocycles. The average Bonchev–Trinajstić information content (AvgIpc) is 3.15. The molecule has 1 aromatic heterocycles. The number of benzene rings is 1. The zero-order valence-corrected chi connectivity index (χ0v) is 16.9. The lowest BCUT2D eigenvalue weighted by Crippen LogP contribution is -2.47. The first-order valence-corrected chi connectivity index (χ1v) is 9.83. The quantitative estimate of drug-likeness (QED) is 0.833. The van der Waals surface area contributed by atoms with Gasteiger partial charge in [-0.05, 0) is 38.3 Å². The van der Waals surface area contributed by atoms with Crippen molar-refractivity contribution in [2.24, 2.45) is 0 Å². The van der Waals surface area contributed by atoms with Crippen LogP contribution in [0.3, 0.4) is 0 Å². The van der Waals surface area contributed by atoms with Crippen LogP contribution >= 0.6 is 0 Å². The monoisotopic (exact) mass is 383 g/mol. The molecule has 1 saturated heterocycles. The molecule has 28 heavy (non-hydrogen) atoms. The summed E-state index contributed by atoms with van der Waals surface area (Å²) in [6.45, 7) is 5.90. The van der Waals surface area contributed by atoms with Crippen LogP contribution in [0.15, 0.2) is 47.1 Å². The van der Waals surface area contributed by atoms with Gasteiger partial charge in [-0.2, -0.15) is 0 Å². The number of furan rings is 1. The van der Waals surface area contributed by atoms with Gasteiger partial charge in [0.2, 0.25) is 5.91 Å². The van der Waals surface area contributed by atoms with E-state index in [2.05, 4.69) is 10.2 Å². The van der Waals surface area contributed by atoms with E-state index in [0.29, 0.717) is 12.3 Å². The van der Waals surface area contributed by atoms with E-state index >= 15 is 0 Å². The lowest BCUT2D eigenvalue weighted by Gasteiger charge is -2.34. The van der Waals surface area contributed by atoms with E-state index in [-0.39, 0.29) is 23.9 Å². The van der Waals surface area contributed by atoms with Crippen molar-refractivity contribution in [3.63, 3.8) is 0 Å². The van der Waals surface area contributed by atoms with E-state index in [0.717, 1.165) is 37.1 Å². The number of nitrogens with one attached hydrogen (secondary N) is 1. The zero-order chi connectivity index (χ0) is 20.1. The summed E-state index contributed by atoms with van der Waals surface area (Å²) in [5.74, 6) is 0.340. The van der Waals surface area contributed by atoms with Crippen LogP contribution < -0.4 is 5.32 Å². The van der Waals surface area contributed by atoms with Gasteiger partial charge in [-0.1, -0.05) is 30.3 Å². The number of amides is 2. The second-order valence-corrected chi connectivity index (χ2v) is 7.55. The predicted molar refractivity (Wildman–Crippen MR) is 108 cm³/mol. The Labute approximate surface area is 166 Å². The molecule has 0 bridgehead atoms. The van der Waals surface area contributed by atoms with E-state index < -0.39 is 0 Å². The lowest BCUT2D eigenvalue weighted by atomic mass is 10.0. The smallest absolute Gasteiger partial charge is 0.287 e. The van der Waals surface area contributed by atoms with Crippen LogP contribution in [0, 0.1) is 6.92 Å². The maximum Gasteiger partial charge on any atom is 0.287 e. The van der Waals surface area contributed by atoms with Gasteiger partial charge in [0.25, 0.3) is 5.91 Å². The molecule has 1 N–H and O–H groups in total. The summed E-state index contributed by atoms with van der Waals surface area (Å²) < 4.78 is 5.25. The summed E-state index contributed by atoms with van der Waals surface area (Å²) in [6, 6.07) is 12.0. The van der Waals surface area contributed by atoms with Gasteiger partial charge in [-0.15, -0.1) is 0 Å². The number of carbonyl (C=O) groups excluding carboxylic acids is 2. The highest BCUT2D eigenvalue weighted by Crippen LogP contribution is 2.19. The second kappa shape index (κ2) is 9.06. The number of likely N-dealkylation sites (tertiary alicyclic amines) is 1. The maximum atomic E-state index is 12.7. The molecule has 1 atom stereocenters. The van der Waals surface area contributed by atoms with Gasteiger partial charge in [0.15, 0.2) is 5.76 Å². The molecule has 1 aliphatic heterocycles. The van der Waals surface area contributed by atoms with Gasteiger partial charge in [-0.25, -0.2) is 0 Å². The first kappa shape index (κ1) is 20.1. The van der Waals surface area contributed by atoms with Crippen molar-refractivity contribution in [2.75, 3.05) is 26.7 Å². The van der Waals surface area contributed by atoms with Crippen molar-refractivity contribution >= 4 is 11.8 Å². The molecular weight excluding hydrogens is 354 g/mol. The largest absolute Gasteiger partial charge is 0.459 e. The molecule has 6 heteroatoms. The Balaban J connectivity index is 1.45. The average molecular weight is 383 g/mol. The van der Waals surface area contributed by atoms with Gasteiger partial charge in [0, 0.05) is 31.7 Å². The van der Waals surface area contributed by atoms with Crippen molar-refractivity contribution in [2.45, 2.75) is 38.8 Å². The number of hydrogen-bond donors (Lipinski definition) is 1. The Morgan fingerprint density at radius 3 is 2.50 bits per heavy atom. The fourth-order valence-electron chi connectivity index (χ4n) is 3.57. The first-order chi connectivity index (χ1) is 13.5. The zero-order valence-electron chi connectivity index (χ0n) is 16.9. The minimum Gasteiger partial charge on any atom is -0.459 e. The summed E-state index contributed by atoms with van der Waals surface area (Å²) >= 11 is 0. The first-order valence-electron chi connectivity index (χ1n) is 9.83. The fourth-order valence-corrected chi connectivity index (χ4v) is 3.57. The van der Waals surface area contributed by atoms with Gasteiger partial charge < -0.3 is 14.6 Å². The number of piperidine rings is 1. The van der Waals surface area contributed by atoms with Crippen LogP contribution in [0.2, 0.25) is 0 Å². The molecular formula is C22H29N3O3. The summed E-state index contributed by atoms with van der Waals surface area (Å²) in [7, 11) is 1.86. The van der Waals surface area contributed by atoms with E-state index in [4.69, 9.17) is 4.42 Å². The van der Waals surface area contributed by atoms with Crippen LogP contribution in [0.25, 0.3) is 0 Å². The Bertz CT molecular complexity index is 794. The number of carbonyl (C=O) groups is 2. The lowest BCUT2D eigenvalue weighted by molar-refractivity contribution is -0.133. The third-order valence-corrected chi connectivity index (χ3v) is 5.61. The van der Waals surface area contributed by atoms with E-state index in [1.54, 1.807) is 6.07 Å².